The molecule has 3 nitrogen and oxygen atoms in total. The van der Waals surface area contributed by atoms with Gasteiger partial charge in [0.1, 0.15) is 12.8 Å². The Kier molecular flexibility index (Phi) is 3.42. The Morgan fingerprint density at radius 2 is 2.31 bits per heavy atom. The van der Waals surface area contributed by atoms with Gasteiger partial charge in [-0.05, 0) is 12.0 Å². The van der Waals surface area contributed by atoms with E-state index in [2.05, 4.69) is 18.9 Å². The van der Waals surface area contributed by atoms with Gasteiger partial charge in [-0.2, -0.15) is 5.10 Å². The van der Waals surface area contributed by atoms with Crippen LogP contribution < -0.4 is 0 Å². The molecule has 13 heavy (non-hydrogen) atoms. The van der Waals surface area contributed by atoms with Crippen molar-refractivity contribution in [1.82, 2.24) is 9.78 Å². The standard InChI is InChI=1S/C9H15FN2O/c1-7(2)6-12-4-3-8(11-12)9(13)5-10/h3-4,7,9,13H,5-6H2,1-2H3. The van der Waals surface area contributed by atoms with Gasteiger partial charge in [-0.1, -0.05) is 13.8 Å². The number of aromatic nitrogens is 2. The van der Waals surface area contributed by atoms with Crippen LogP contribution in [0.3, 0.4) is 0 Å². The van der Waals surface area contributed by atoms with Crippen LogP contribution in [0.4, 0.5) is 4.39 Å². The first kappa shape index (κ1) is 10.2. The summed E-state index contributed by atoms with van der Waals surface area (Å²) < 4.78 is 13.8. The number of halogens is 1. The first-order valence-corrected chi connectivity index (χ1v) is 4.41. The van der Waals surface area contributed by atoms with E-state index in [-0.39, 0.29) is 0 Å². The van der Waals surface area contributed by atoms with E-state index in [9.17, 15) is 4.39 Å². The molecule has 0 aliphatic carbocycles. The minimum atomic E-state index is -1.08. The van der Waals surface area contributed by atoms with Gasteiger partial charge in [-0.3, -0.25) is 4.68 Å². The summed E-state index contributed by atoms with van der Waals surface area (Å²) in [4.78, 5) is 0. The lowest BCUT2D eigenvalue weighted by Gasteiger charge is -2.04. The minimum Gasteiger partial charge on any atom is -0.384 e. The van der Waals surface area contributed by atoms with Crippen LogP contribution in [0.2, 0.25) is 0 Å². The highest BCUT2D eigenvalue weighted by Gasteiger charge is 2.10. The second kappa shape index (κ2) is 4.37. The maximum atomic E-state index is 12.0. The fraction of sp³-hybridized carbons (Fsp3) is 0.667. The number of alkyl halides is 1. The topological polar surface area (TPSA) is 38.0 Å². The highest BCUT2D eigenvalue weighted by atomic mass is 19.1. The molecule has 1 aromatic heterocycles. The molecule has 1 rings (SSSR count). The lowest BCUT2D eigenvalue weighted by Crippen LogP contribution is -2.07. The van der Waals surface area contributed by atoms with E-state index in [0.29, 0.717) is 11.6 Å². The fourth-order valence-corrected chi connectivity index (χ4v) is 1.11. The SMILES string of the molecule is CC(C)Cn1ccc(C(O)CF)n1. The Balaban J connectivity index is 2.63. The van der Waals surface area contributed by atoms with E-state index < -0.39 is 12.8 Å². The van der Waals surface area contributed by atoms with Gasteiger partial charge in [0.05, 0.1) is 5.69 Å². The van der Waals surface area contributed by atoms with E-state index >= 15 is 0 Å². The molecule has 0 radical (unpaired) electrons. The summed E-state index contributed by atoms with van der Waals surface area (Å²) in [7, 11) is 0. The van der Waals surface area contributed by atoms with Gasteiger partial charge in [0, 0.05) is 12.7 Å². The van der Waals surface area contributed by atoms with Crippen molar-refractivity contribution in [3.8, 4) is 0 Å². The molecule has 0 spiro atoms. The molecule has 74 valence electrons. The predicted molar refractivity (Wildman–Crippen MR) is 48.0 cm³/mol. The number of nitrogens with zero attached hydrogens (tertiary/aromatic N) is 2. The van der Waals surface area contributed by atoms with Gasteiger partial charge in [-0.15, -0.1) is 0 Å². The molecule has 4 heteroatoms. The number of aliphatic hydroxyl groups is 1. The third-order valence-electron chi connectivity index (χ3n) is 1.70. The summed E-state index contributed by atoms with van der Waals surface area (Å²) in [5.41, 5.74) is 0.406. The Labute approximate surface area is 77.2 Å². The monoisotopic (exact) mass is 186 g/mol. The van der Waals surface area contributed by atoms with Crippen molar-refractivity contribution in [2.24, 2.45) is 5.92 Å². The van der Waals surface area contributed by atoms with E-state index in [4.69, 9.17) is 5.11 Å². The molecule has 0 amide bonds. The van der Waals surface area contributed by atoms with Crippen molar-refractivity contribution < 1.29 is 9.50 Å². The van der Waals surface area contributed by atoms with Crippen molar-refractivity contribution in [3.05, 3.63) is 18.0 Å². The molecule has 0 saturated carbocycles. The average molecular weight is 186 g/mol. The summed E-state index contributed by atoms with van der Waals surface area (Å²) in [6.45, 7) is 4.16. The smallest absolute Gasteiger partial charge is 0.126 e. The number of aliphatic hydroxyl groups excluding tert-OH is 1. The van der Waals surface area contributed by atoms with Crippen molar-refractivity contribution in [1.29, 1.82) is 0 Å². The molecular formula is C9H15FN2O. The minimum absolute atomic E-state index is 0.406. The quantitative estimate of drug-likeness (QED) is 0.774. The van der Waals surface area contributed by atoms with Gasteiger partial charge < -0.3 is 5.11 Å². The molecule has 0 aliphatic heterocycles. The Bertz CT molecular complexity index is 260. The zero-order valence-corrected chi connectivity index (χ0v) is 7.94. The van der Waals surface area contributed by atoms with Crippen molar-refractivity contribution >= 4 is 0 Å². The van der Waals surface area contributed by atoms with Crippen LogP contribution >= 0.6 is 0 Å². The van der Waals surface area contributed by atoms with Gasteiger partial charge in [0.25, 0.3) is 0 Å². The van der Waals surface area contributed by atoms with Crippen LogP contribution in [0, 0.1) is 5.92 Å². The molecular weight excluding hydrogens is 171 g/mol. The van der Waals surface area contributed by atoms with Crippen LogP contribution in [-0.2, 0) is 6.54 Å². The molecule has 0 bridgehead atoms. The van der Waals surface area contributed by atoms with Crippen molar-refractivity contribution in [2.75, 3.05) is 6.67 Å². The second-order valence-corrected chi connectivity index (χ2v) is 3.53. The number of rotatable bonds is 4. The molecule has 0 aliphatic rings. The Morgan fingerprint density at radius 1 is 1.62 bits per heavy atom. The van der Waals surface area contributed by atoms with E-state index in [1.807, 2.05) is 0 Å². The fourth-order valence-electron chi connectivity index (χ4n) is 1.11. The van der Waals surface area contributed by atoms with Gasteiger partial charge in [0.15, 0.2) is 0 Å². The van der Waals surface area contributed by atoms with E-state index in [1.165, 1.54) is 0 Å². The summed E-state index contributed by atoms with van der Waals surface area (Å²) in [6, 6.07) is 1.65. The molecule has 1 heterocycles. The number of hydrogen-bond donors (Lipinski definition) is 1. The van der Waals surface area contributed by atoms with Crippen LogP contribution in [0.25, 0.3) is 0 Å². The summed E-state index contributed by atoms with van der Waals surface area (Å²) in [6.07, 6.45) is 0.683. The highest BCUT2D eigenvalue weighted by molar-refractivity contribution is 5.02. The van der Waals surface area contributed by atoms with Gasteiger partial charge >= 0.3 is 0 Å². The van der Waals surface area contributed by atoms with Gasteiger partial charge in [-0.25, -0.2) is 4.39 Å². The molecule has 1 unspecified atom stereocenters. The van der Waals surface area contributed by atoms with Crippen LogP contribution in [-0.4, -0.2) is 21.6 Å². The van der Waals surface area contributed by atoms with Crippen molar-refractivity contribution in [2.45, 2.75) is 26.5 Å². The first-order chi connectivity index (χ1) is 6.13. The third kappa shape index (κ3) is 2.81. The normalized spacial score (nSPS) is 13.6. The molecule has 0 fully saturated rings. The molecule has 0 aromatic carbocycles. The number of hydrogen-bond acceptors (Lipinski definition) is 2. The summed E-state index contributed by atoms with van der Waals surface area (Å²) in [5, 5.41) is 13.2. The zero-order chi connectivity index (χ0) is 9.84. The zero-order valence-electron chi connectivity index (χ0n) is 7.94. The Hall–Kier alpha value is -0.900. The Morgan fingerprint density at radius 3 is 2.85 bits per heavy atom. The molecule has 1 N–H and O–H groups in total. The predicted octanol–water partition coefficient (Wildman–Crippen LogP) is 1.54. The molecule has 1 aromatic rings. The lowest BCUT2D eigenvalue weighted by atomic mass is 10.2. The summed E-state index contributed by atoms with van der Waals surface area (Å²) >= 11 is 0. The van der Waals surface area contributed by atoms with Crippen LogP contribution in [0.1, 0.15) is 25.6 Å². The molecule has 1 atom stereocenters. The first-order valence-electron chi connectivity index (χ1n) is 4.41. The van der Waals surface area contributed by atoms with Crippen LogP contribution in [0.5, 0.6) is 0 Å². The maximum absolute atomic E-state index is 12.0. The molecule has 0 saturated heterocycles. The van der Waals surface area contributed by atoms with Crippen LogP contribution in [0.15, 0.2) is 12.3 Å². The van der Waals surface area contributed by atoms with E-state index in [1.54, 1.807) is 16.9 Å². The lowest BCUT2D eigenvalue weighted by molar-refractivity contribution is 0.136. The summed E-state index contributed by atoms with van der Waals surface area (Å²) in [5.74, 6) is 0.496. The second-order valence-electron chi connectivity index (χ2n) is 3.53. The van der Waals surface area contributed by atoms with Crippen molar-refractivity contribution in [3.63, 3.8) is 0 Å². The van der Waals surface area contributed by atoms with E-state index in [0.717, 1.165) is 6.54 Å². The van der Waals surface area contributed by atoms with Gasteiger partial charge in [0.2, 0.25) is 0 Å². The largest absolute Gasteiger partial charge is 0.384 e. The maximum Gasteiger partial charge on any atom is 0.126 e. The highest BCUT2D eigenvalue weighted by Crippen LogP contribution is 2.10. The third-order valence-corrected chi connectivity index (χ3v) is 1.70. The average Bonchev–Trinajstić information content (AvgIpc) is 2.50.